The largest absolute Gasteiger partial charge is 0.396 e. The van der Waals surface area contributed by atoms with Gasteiger partial charge in [-0.2, -0.15) is 0 Å². The molecular formula is C11H17N3. The molecule has 2 N–H and O–H groups in total. The minimum absolute atomic E-state index is 0.254. The van der Waals surface area contributed by atoms with Gasteiger partial charge in [0.05, 0.1) is 21.7 Å². The Labute approximate surface area is 106 Å². The Hall–Kier alpha value is -1.25. The Kier molecular flexibility index (Phi) is 0.588. The van der Waals surface area contributed by atoms with E-state index < -0.39 is 68.2 Å². The predicted molar refractivity (Wildman–Crippen MR) is 59.3 cm³/mol. The van der Waals surface area contributed by atoms with E-state index in [4.69, 9.17) is 26.3 Å². The molecule has 1 atom stereocenters. The van der Waals surface area contributed by atoms with E-state index >= 15 is 0 Å². The summed E-state index contributed by atoms with van der Waals surface area (Å²) in [4.78, 5) is 3.04. The quantitative estimate of drug-likeness (QED) is 0.763. The maximum absolute atomic E-state index is 8.27. The van der Waals surface area contributed by atoms with Crippen LogP contribution in [0, 0.1) is 5.89 Å². The fraction of sp³-hybridized carbons (Fsp3) is 0.545. The molecule has 2 rings (SSSR count). The molecule has 3 heteroatoms. The molecule has 0 saturated carbocycles. The summed E-state index contributed by atoms with van der Waals surface area (Å²) in [6.45, 7) is -11.3. The normalized spacial score (nSPS) is 58.6. The number of nitrogens with zero attached hydrogens (tertiary/aromatic N) is 2. The summed E-state index contributed by atoms with van der Waals surface area (Å²) < 4.78 is 119. The standard InChI is InChI=1S/C11H17N3/c1-9-3-2-6-14(8-9)11-4-5-13-7-10(11)12/h4-5,7,9H,2-3,6,8,12H2,1H3/i1D3,2D2,3D2,4D,5D,6D2,7D,8D2,9D. The highest BCUT2D eigenvalue weighted by Crippen LogP contribution is 2.26. The van der Waals surface area contributed by atoms with Crippen molar-refractivity contribution < 1.29 is 20.6 Å². The van der Waals surface area contributed by atoms with E-state index in [1.807, 2.05) is 0 Å². The van der Waals surface area contributed by atoms with Crippen LogP contribution in [-0.4, -0.2) is 18.0 Å². The molecule has 1 unspecified atom stereocenters. The molecule has 1 fully saturated rings. The van der Waals surface area contributed by atoms with Crippen molar-refractivity contribution in [2.24, 2.45) is 5.89 Å². The highest BCUT2D eigenvalue weighted by Gasteiger charge is 2.17. The van der Waals surface area contributed by atoms with Crippen LogP contribution in [0.1, 0.15) is 40.2 Å². The minimum atomic E-state index is -3.91. The van der Waals surface area contributed by atoms with Gasteiger partial charge in [0.1, 0.15) is 0 Å². The van der Waals surface area contributed by atoms with Crippen molar-refractivity contribution >= 4 is 11.4 Å². The summed E-state index contributed by atoms with van der Waals surface area (Å²) in [6.07, 6.45) is -9.55. The summed E-state index contributed by atoms with van der Waals surface area (Å²) in [5.41, 5.74) is 3.71. The Bertz CT molecular complexity index is 821. The van der Waals surface area contributed by atoms with Crippen LogP contribution in [0.3, 0.4) is 0 Å². The topological polar surface area (TPSA) is 42.1 Å². The van der Waals surface area contributed by atoms with E-state index in [-0.39, 0.29) is 4.90 Å². The van der Waals surface area contributed by atoms with Gasteiger partial charge in [0, 0.05) is 35.6 Å². The van der Waals surface area contributed by atoms with Gasteiger partial charge in [0.25, 0.3) is 0 Å². The fourth-order valence-corrected chi connectivity index (χ4v) is 0.892. The second-order valence-electron chi connectivity index (χ2n) is 2.41. The molecule has 1 saturated heterocycles. The Morgan fingerprint density at radius 2 is 2.86 bits per heavy atom. The van der Waals surface area contributed by atoms with Crippen LogP contribution in [-0.2, 0) is 0 Å². The molecule has 3 nitrogen and oxygen atoms in total. The van der Waals surface area contributed by atoms with E-state index in [1.54, 1.807) is 0 Å². The fourth-order valence-electron chi connectivity index (χ4n) is 0.892. The van der Waals surface area contributed by atoms with Crippen molar-refractivity contribution in [3.8, 4) is 0 Å². The molecule has 0 spiro atoms. The highest BCUT2D eigenvalue weighted by atomic mass is 15.1. The van der Waals surface area contributed by atoms with Crippen LogP contribution in [0.25, 0.3) is 0 Å². The second-order valence-corrected chi connectivity index (χ2v) is 2.41. The average molecular weight is 206 g/mol. The zero-order valence-electron chi connectivity index (χ0n) is 22.0. The lowest BCUT2D eigenvalue weighted by molar-refractivity contribution is 0.447. The maximum atomic E-state index is 8.27. The van der Waals surface area contributed by atoms with Crippen LogP contribution in [0.4, 0.5) is 11.4 Å². The monoisotopic (exact) mass is 206 g/mol. The van der Waals surface area contributed by atoms with Crippen LogP contribution >= 0.6 is 0 Å². The smallest absolute Gasteiger partial charge is 0.0863 e. The van der Waals surface area contributed by atoms with Crippen molar-refractivity contribution in [3.05, 3.63) is 18.4 Å². The van der Waals surface area contributed by atoms with Gasteiger partial charge >= 0.3 is 0 Å². The predicted octanol–water partition coefficient (Wildman–Crippen LogP) is 1.90. The molecule has 0 radical (unpaired) electrons. The first-order valence-electron chi connectivity index (χ1n) is 11.2. The molecule has 2 heterocycles. The summed E-state index contributed by atoms with van der Waals surface area (Å²) in [7, 11) is 0. The van der Waals surface area contributed by atoms with E-state index in [9.17, 15) is 0 Å². The number of nitrogen functional groups attached to an aromatic ring is 1. The van der Waals surface area contributed by atoms with Crippen molar-refractivity contribution in [3.63, 3.8) is 0 Å². The summed E-state index contributed by atoms with van der Waals surface area (Å²) >= 11 is 0. The number of hydrogen-bond acceptors (Lipinski definition) is 3. The Morgan fingerprint density at radius 1 is 1.93 bits per heavy atom. The van der Waals surface area contributed by atoms with Gasteiger partial charge < -0.3 is 10.6 Å². The Balaban J connectivity index is 3.09. The second kappa shape index (κ2) is 3.86. The van der Waals surface area contributed by atoms with E-state index in [0.29, 0.717) is 0 Å². The first-order valence-corrected chi connectivity index (χ1v) is 3.66. The van der Waals surface area contributed by atoms with Crippen LogP contribution in [0.2, 0.25) is 0 Å². The molecule has 0 bridgehead atoms. The molecule has 1 aliphatic rings. The molecule has 1 aromatic rings. The third-order valence-corrected chi connectivity index (χ3v) is 1.46. The van der Waals surface area contributed by atoms with E-state index in [1.165, 1.54) is 0 Å². The number of nitrogens with two attached hydrogens (primary N) is 1. The maximum Gasteiger partial charge on any atom is 0.0863 e. The minimum Gasteiger partial charge on any atom is -0.396 e. The van der Waals surface area contributed by atoms with E-state index in [2.05, 4.69) is 4.98 Å². The third-order valence-electron chi connectivity index (χ3n) is 1.46. The van der Waals surface area contributed by atoms with Crippen LogP contribution in [0.15, 0.2) is 18.4 Å². The number of hydrogen-bond donors (Lipinski definition) is 1. The average Bonchev–Trinajstić information content (AvgIpc) is 2.52. The van der Waals surface area contributed by atoms with Gasteiger partial charge in [-0.05, 0) is 24.7 Å². The number of aromatic nitrogens is 1. The lowest BCUT2D eigenvalue weighted by atomic mass is 10.00. The van der Waals surface area contributed by atoms with Crippen molar-refractivity contribution in [2.45, 2.75) is 19.6 Å². The zero-order chi connectivity index (χ0) is 23.2. The number of anilines is 2. The van der Waals surface area contributed by atoms with Gasteiger partial charge in [-0.15, -0.1) is 0 Å². The lowest BCUT2D eigenvalue weighted by Gasteiger charge is -2.33. The van der Waals surface area contributed by atoms with Gasteiger partial charge in [-0.1, -0.05) is 6.85 Å². The first-order chi connectivity index (χ1) is 12.6. The molecular weight excluding hydrogens is 174 g/mol. The summed E-state index contributed by atoms with van der Waals surface area (Å²) in [5.74, 6) is -3.91. The Morgan fingerprint density at radius 3 is 3.71 bits per heavy atom. The number of pyridine rings is 1. The van der Waals surface area contributed by atoms with Crippen molar-refractivity contribution in [1.29, 1.82) is 0 Å². The van der Waals surface area contributed by atoms with Crippen LogP contribution < -0.4 is 10.6 Å². The summed E-state index contributed by atoms with van der Waals surface area (Å²) in [6, 6.07) is -1.04. The molecule has 76 valence electrons. The number of piperidine rings is 1. The lowest BCUT2D eigenvalue weighted by Crippen LogP contribution is -2.34. The van der Waals surface area contributed by atoms with E-state index in [0.717, 1.165) is 0 Å². The molecule has 1 aromatic heterocycles. The molecule has 14 heavy (non-hydrogen) atoms. The SMILES string of the molecule is [2H]c1nc([2H])c(N)c(N2C([2H])([2H])C([2H])([2H])C([2H])([2H])C([2H])(C([2H])([2H])[2H])C2([2H])[2H])c1[2H]. The van der Waals surface area contributed by atoms with Gasteiger partial charge in [-0.3, -0.25) is 4.98 Å². The van der Waals surface area contributed by atoms with Crippen molar-refractivity contribution in [2.75, 3.05) is 23.6 Å². The summed E-state index contributed by atoms with van der Waals surface area (Å²) in [5, 5.41) is 0. The first kappa shape index (κ1) is 2.13. The van der Waals surface area contributed by atoms with Crippen molar-refractivity contribution in [1.82, 2.24) is 4.98 Å². The molecule has 0 amide bonds. The molecule has 0 aliphatic carbocycles. The molecule has 0 aromatic carbocycles. The van der Waals surface area contributed by atoms with Crippen LogP contribution in [0.5, 0.6) is 0 Å². The molecule has 1 aliphatic heterocycles. The third kappa shape index (κ3) is 1.81. The van der Waals surface area contributed by atoms with Gasteiger partial charge in [-0.25, -0.2) is 0 Å². The zero-order valence-corrected chi connectivity index (χ0v) is 6.97. The van der Waals surface area contributed by atoms with Gasteiger partial charge in [0.15, 0.2) is 0 Å². The number of rotatable bonds is 1. The highest BCUT2D eigenvalue weighted by molar-refractivity contribution is 5.66. The van der Waals surface area contributed by atoms with Gasteiger partial charge in [0.2, 0.25) is 0 Å².